The molecule has 2 heterocycles. The van der Waals surface area contributed by atoms with Gasteiger partial charge in [0, 0.05) is 24.5 Å². The van der Waals surface area contributed by atoms with E-state index in [0.29, 0.717) is 5.41 Å². The van der Waals surface area contributed by atoms with Crippen molar-refractivity contribution in [3.05, 3.63) is 29.3 Å². The molecule has 1 spiro atoms. The van der Waals surface area contributed by atoms with Crippen molar-refractivity contribution in [1.29, 1.82) is 0 Å². The van der Waals surface area contributed by atoms with Gasteiger partial charge in [0.1, 0.15) is 0 Å². The number of carbonyl (C=O) groups is 1. The first-order valence-electron chi connectivity index (χ1n) is 8.00. The topological polar surface area (TPSA) is 32.3 Å². The molecule has 2 aliphatic heterocycles. The molecule has 1 atom stereocenters. The lowest BCUT2D eigenvalue weighted by Crippen LogP contribution is -2.46. The van der Waals surface area contributed by atoms with Crippen molar-refractivity contribution >= 4 is 29.3 Å². The van der Waals surface area contributed by atoms with Crippen LogP contribution in [0.5, 0.6) is 0 Å². The molecule has 2 saturated heterocycles. The Morgan fingerprint density at radius 3 is 2.68 bits per heavy atom. The Kier molecular flexibility index (Phi) is 5.00. The van der Waals surface area contributed by atoms with Crippen LogP contribution in [-0.2, 0) is 4.79 Å². The Balaban J connectivity index is 1.56. The van der Waals surface area contributed by atoms with E-state index in [1.54, 1.807) is 11.8 Å². The Hall–Kier alpha value is -0.710. The number of nitrogens with one attached hydrogen (secondary N) is 1. The third kappa shape index (κ3) is 3.44. The molecule has 0 saturated carbocycles. The maximum atomic E-state index is 12.7. The summed E-state index contributed by atoms with van der Waals surface area (Å²) in [6, 6.07) is 7.73. The summed E-state index contributed by atoms with van der Waals surface area (Å²) < 4.78 is 0. The van der Waals surface area contributed by atoms with Crippen LogP contribution in [0, 0.1) is 5.41 Å². The second-order valence-corrected chi connectivity index (χ2v) is 8.23. The summed E-state index contributed by atoms with van der Waals surface area (Å²) in [7, 11) is 0. The molecule has 0 aromatic heterocycles. The molecule has 1 aromatic carbocycles. The highest BCUT2D eigenvalue weighted by Crippen LogP contribution is 2.38. The summed E-state index contributed by atoms with van der Waals surface area (Å²) in [6.07, 6.45) is 3.53. The van der Waals surface area contributed by atoms with Crippen molar-refractivity contribution in [1.82, 2.24) is 10.2 Å². The van der Waals surface area contributed by atoms with Gasteiger partial charge in [0.05, 0.1) is 10.3 Å². The average Bonchev–Trinajstić information content (AvgIpc) is 2.98. The van der Waals surface area contributed by atoms with Crippen LogP contribution in [0.4, 0.5) is 0 Å². The van der Waals surface area contributed by atoms with Gasteiger partial charge < -0.3 is 10.2 Å². The molecule has 1 amide bonds. The minimum Gasteiger partial charge on any atom is -0.342 e. The molecule has 0 aliphatic carbocycles. The van der Waals surface area contributed by atoms with E-state index >= 15 is 0 Å². The van der Waals surface area contributed by atoms with Crippen LogP contribution in [0.15, 0.2) is 29.2 Å². The largest absolute Gasteiger partial charge is 0.342 e. The molecule has 0 bridgehead atoms. The smallest absolute Gasteiger partial charge is 0.235 e. The molecule has 5 heteroatoms. The van der Waals surface area contributed by atoms with Gasteiger partial charge in [0.2, 0.25) is 5.91 Å². The van der Waals surface area contributed by atoms with Gasteiger partial charge in [-0.15, -0.1) is 11.8 Å². The fourth-order valence-corrected chi connectivity index (χ4v) is 4.70. The second kappa shape index (κ2) is 6.81. The normalized spacial score (nSPS) is 22.0. The van der Waals surface area contributed by atoms with Crippen molar-refractivity contribution in [2.75, 3.05) is 26.2 Å². The zero-order valence-corrected chi connectivity index (χ0v) is 14.6. The number of benzene rings is 1. The van der Waals surface area contributed by atoms with E-state index in [1.165, 1.54) is 6.42 Å². The Labute approximate surface area is 141 Å². The minimum absolute atomic E-state index is 0.0874. The van der Waals surface area contributed by atoms with Gasteiger partial charge in [-0.1, -0.05) is 23.7 Å². The molecule has 1 N–H and O–H groups in total. The Morgan fingerprint density at radius 2 is 2.05 bits per heavy atom. The van der Waals surface area contributed by atoms with E-state index in [-0.39, 0.29) is 11.2 Å². The SMILES string of the molecule is CC(Sc1ccccc1Cl)C(=O)N1CCC2(CCNC2)CC1. The number of nitrogens with zero attached hydrogens (tertiary/aromatic N) is 1. The fourth-order valence-electron chi connectivity index (χ4n) is 3.46. The molecule has 22 heavy (non-hydrogen) atoms. The Bertz CT molecular complexity index is 535. The number of halogens is 1. The van der Waals surface area contributed by atoms with E-state index < -0.39 is 0 Å². The molecule has 120 valence electrons. The second-order valence-electron chi connectivity index (χ2n) is 6.44. The summed E-state index contributed by atoms with van der Waals surface area (Å²) in [5.74, 6) is 0.241. The number of likely N-dealkylation sites (tertiary alicyclic amines) is 1. The zero-order chi connectivity index (χ0) is 15.6. The van der Waals surface area contributed by atoms with Crippen LogP contribution in [0.25, 0.3) is 0 Å². The van der Waals surface area contributed by atoms with Crippen molar-refractivity contribution in [3.63, 3.8) is 0 Å². The number of piperidine rings is 1. The molecule has 1 unspecified atom stereocenters. The molecule has 3 nitrogen and oxygen atoms in total. The molecule has 2 fully saturated rings. The van der Waals surface area contributed by atoms with Crippen LogP contribution in [-0.4, -0.2) is 42.2 Å². The summed E-state index contributed by atoms with van der Waals surface area (Å²) >= 11 is 7.75. The van der Waals surface area contributed by atoms with Crippen molar-refractivity contribution in [3.8, 4) is 0 Å². The van der Waals surface area contributed by atoms with Crippen LogP contribution < -0.4 is 5.32 Å². The molecule has 0 radical (unpaired) electrons. The number of rotatable bonds is 3. The third-order valence-corrected chi connectivity index (χ3v) is 6.56. The first-order chi connectivity index (χ1) is 10.6. The van der Waals surface area contributed by atoms with Gasteiger partial charge in [0.25, 0.3) is 0 Å². The van der Waals surface area contributed by atoms with E-state index in [0.717, 1.165) is 48.9 Å². The highest BCUT2D eigenvalue weighted by molar-refractivity contribution is 8.00. The predicted octanol–water partition coefficient (Wildman–Crippen LogP) is 3.42. The molecular formula is C17H23ClN2OS. The van der Waals surface area contributed by atoms with Gasteiger partial charge in [-0.3, -0.25) is 4.79 Å². The van der Waals surface area contributed by atoms with Gasteiger partial charge in [-0.2, -0.15) is 0 Å². The number of hydrogen-bond acceptors (Lipinski definition) is 3. The molecular weight excluding hydrogens is 316 g/mol. The average molecular weight is 339 g/mol. The van der Waals surface area contributed by atoms with Crippen LogP contribution in [0.2, 0.25) is 5.02 Å². The summed E-state index contributed by atoms with van der Waals surface area (Å²) in [4.78, 5) is 15.7. The maximum Gasteiger partial charge on any atom is 0.235 e. The maximum absolute atomic E-state index is 12.7. The van der Waals surface area contributed by atoms with Gasteiger partial charge >= 0.3 is 0 Å². The molecule has 2 aliphatic rings. The first-order valence-corrected chi connectivity index (χ1v) is 9.26. The minimum atomic E-state index is -0.0874. The predicted molar refractivity (Wildman–Crippen MR) is 92.5 cm³/mol. The monoisotopic (exact) mass is 338 g/mol. The standard InChI is InChI=1S/C17H23ClN2OS/c1-13(22-15-5-3-2-4-14(15)18)16(21)20-10-7-17(8-11-20)6-9-19-12-17/h2-5,13,19H,6-12H2,1H3. The van der Waals surface area contributed by atoms with Crippen molar-refractivity contribution in [2.45, 2.75) is 36.3 Å². The first kappa shape index (κ1) is 16.2. The lowest BCUT2D eigenvalue weighted by Gasteiger charge is -2.39. The lowest BCUT2D eigenvalue weighted by atomic mass is 9.78. The highest BCUT2D eigenvalue weighted by atomic mass is 35.5. The summed E-state index contributed by atoms with van der Waals surface area (Å²) in [5.41, 5.74) is 0.454. The van der Waals surface area contributed by atoms with Crippen molar-refractivity contribution in [2.24, 2.45) is 5.41 Å². The number of carbonyl (C=O) groups excluding carboxylic acids is 1. The van der Waals surface area contributed by atoms with E-state index in [2.05, 4.69) is 5.32 Å². The van der Waals surface area contributed by atoms with E-state index in [1.807, 2.05) is 36.1 Å². The molecule has 1 aromatic rings. The van der Waals surface area contributed by atoms with Crippen LogP contribution in [0.3, 0.4) is 0 Å². The summed E-state index contributed by atoms with van der Waals surface area (Å²) in [6.45, 7) is 6.03. The number of thioether (sulfide) groups is 1. The lowest BCUT2D eigenvalue weighted by molar-refractivity contribution is -0.132. The van der Waals surface area contributed by atoms with E-state index in [4.69, 9.17) is 11.6 Å². The Morgan fingerprint density at radius 1 is 1.32 bits per heavy atom. The fraction of sp³-hybridized carbons (Fsp3) is 0.588. The quantitative estimate of drug-likeness (QED) is 0.857. The third-order valence-electron chi connectivity index (χ3n) is 4.96. The van der Waals surface area contributed by atoms with Crippen molar-refractivity contribution < 1.29 is 4.79 Å². The highest BCUT2D eigenvalue weighted by Gasteiger charge is 2.38. The number of amides is 1. The van der Waals surface area contributed by atoms with Gasteiger partial charge in [0.15, 0.2) is 0 Å². The summed E-state index contributed by atoms with van der Waals surface area (Å²) in [5, 5.41) is 4.10. The van der Waals surface area contributed by atoms with Gasteiger partial charge in [-0.25, -0.2) is 0 Å². The van der Waals surface area contributed by atoms with Gasteiger partial charge in [-0.05, 0) is 50.3 Å². The zero-order valence-electron chi connectivity index (χ0n) is 13.0. The van der Waals surface area contributed by atoms with Crippen LogP contribution in [0.1, 0.15) is 26.2 Å². The van der Waals surface area contributed by atoms with E-state index in [9.17, 15) is 4.79 Å². The number of hydrogen-bond donors (Lipinski definition) is 1. The molecule has 3 rings (SSSR count). The van der Waals surface area contributed by atoms with Crippen LogP contribution >= 0.6 is 23.4 Å².